The molecule has 12 nitrogen and oxygen atoms in total. The van der Waals surface area contributed by atoms with Gasteiger partial charge in [0.15, 0.2) is 6.29 Å². The summed E-state index contributed by atoms with van der Waals surface area (Å²) in [5.41, 5.74) is 0. The number of rotatable bonds is 42. The first-order valence-electron chi connectivity index (χ1n) is 23.9. The molecule has 0 aromatic heterocycles. The summed E-state index contributed by atoms with van der Waals surface area (Å²) in [5, 5.41) is 30.6. The Morgan fingerprint density at radius 3 is 1.53 bits per heavy atom. The minimum absolute atomic E-state index is 0.0401. The maximum atomic E-state index is 12.8. The van der Waals surface area contributed by atoms with E-state index in [1.807, 2.05) is 0 Å². The molecule has 59 heavy (non-hydrogen) atoms. The summed E-state index contributed by atoms with van der Waals surface area (Å²) in [4.78, 5) is 12.8. The number of unbranched alkanes of at least 4 members (excludes halogenated alkanes) is 27. The van der Waals surface area contributed by atoms with Crippen molar-refractivity contribution >= 4 is 16.4 Å². The van der Waals surface area contributed by atoms with Crippen molar-refractivity contribution in [1.29, 1.82) is 0 Å². The second-order valence-electron chi connectivity index (χ2n) is 16.7. The highest BCUT2D eigenvalue weighted by molar-refractivity contribution is 7.80. The van der Waals surface area contributed by atoms with Gasteiger partial charge in [-0.05, 0) is 38.5 Å². The summed E-state index contributed by atoms with van der Waals surface area (Å²) >= 11 is 0. The zero-order valence-electron chi connectivity index (χ0n) is 37.3. The van der Waals surface area contributed by atoms with Crippen molar-refractivity contribution < 1.29 is 56.2 Å². The van der Waals surface area contributed by atoms with Gasteiger partial charge in [-0.15, -0.1) is 0 Å². The molecule has 0 spiro atoms. The van der Waals surface area contributed by atoms with Crippen LogP contribution in [0.5, 0.6) is 0 Å². The smallest absolute Gasteiger partial charge is 0.397 e. The fraction of sp³-hybridized carbons (Fsp3) is 0.935. The third-order valence-corrected chi connectivity index (χ3v) is 11.6. The van der Waals surface area contributed by atoms with Crippen LogP contribution in [-0.4, -0.2) is 97.5 Å². The molecule has 6 unspecified atom stereocenters. The lowest BCUT2D eigenvalue weighted by molar-refractivity contribution is -0.301. The number of carbonyl (C=O) groups excluding carboxylic acids is 1. The van der Waals surface area contributed by atoms with Gasteiger partial charge < -0.3 is 34.3 Å². The Balaban J connectivity index is 2.24. The van der Waals surface area contributed by atoms with Crippen LogP contribution in [-0.2, 0) is 38.3 Å². The predicted octanol–water partition coefficient (Wildman–Crippen LogP) is 10.2. The molecule has 1 saturated heterocycles. The minimum Gasteiger partial charge on any atom is -0.457 e. The summed E-state index contributed by atoms with van der Waals surface area (Å²) in [6.07, 6.45) is 32.8. The number of hydrogen-bond donors (Lipinski definition) is 4. The topological polar surface area (TPSA) is 178 Å². The van der Waals surface area contributed by atoms with Crippen molar-refractivity contribution in [3.05, 3.63) is 12.2 Å². The van der Waals surface area contributed by atoms with Crippen molar-refractivity contribution in [2.24, 2.45) is 0 Å². The number of esters is 1. The Morgan fingerprint density at radius 2 is 1.07 bits per heavy atom. The Bertz CT molecular complexity index is 1090. The summed E-state index contributed by atoms with van der Waals surface area (Å²) < 4.78 is 58.9. The molecule has 0 radical (unpaired) electrons. The molecule has 0 aromatic rings. The molecule has 0 aromatic carbocycles. The fourth-order valence-corrected chi connectivity index (χ4v) is 8.00. The van der Waals surface area contributed by atoms with Gasteiger partial charge in [-0.3, -0.25) is 9.35 Å². The SMILES string of the molecule is CCCCCCCCCC/C=C\CCCCCCCCCCCCCCCC(=O)OC(COCCCCCCCCC)COC1OC(CO)C(O)C(OS(=O)(=O)O)C1O. The number of carbonyl (C=O) groups is 1. The average molecular weight is 865 g/mol. The molecule has 6 atom stereocenters. The largest absolute Gasteiger partial charge is 0.457 e. The number of hydrogen-bond acceptors (Lipinski definition) is 11. The summed E-state index contributed by atoms with van der Waals surface area (Å²) in [6.45, 7) is 3.97. The first-order valence-corrected chi connectivity index (χ1v) is 25.3. The van der Waals surface area contributed by atoms with E-state index >= 15 is 0 Å². The van der Waals surface area contributed by atoms with Crippen molar-refractivity contribution in [3.63, 3.8) is 0 Å². The van der Waals surface area contributed by atoms with E-state index in [0.717, 1.165) is 38.5 Å². The molecule has 13 heteroatoms. The summed E-state index contributed by atoms with van der Waals surface area (Å²) in [5.74, 6) is -0.398. The Kier molecular flexibility index (Phi) is 36.5. The quantitative estimate of drug-likeness (QED) is 0.0198. The lowest BCUT2D eigenvalue weighted by Crippen LogP contribution is -2.60. The van der Waals surface area contributed by atoms with E-state index in [4.69, 9.17) is 23.5 Å². The van der Waals surface area contributed by atoms with E-state index in [2.05, 4.69) is 30.2 Å². The van der Waals surface area contributed by atoms with Gasteiger partial charge in [-0.25, -0.2) is 4.18 Å². The van der Waals surface area contributed by atoms with Gasteiger partial charge in [-0.1, -0.05) is 180 Å². The average Bonchev–Trinajstić information content (AvgIpc) is 3.20. The lowest BCUT2D eigenvalue weighted by atomic mass is 9.99. The van der Waals surface area contributed by atoms with Gasteiger partial charge in [-0.2, -0.15) is 8.42 Å². The molecule has 0 amide bonds. The van der Waals surface area contributed by atoms with E-state index < -0.39 is 59.8 Å². The Morgan fingerprint density at radius 1 is 0.627 bits per heavy atom. The number of allylic oxidation sites excluding steroid dienone is 2. The van der Waals surface area contributed by atoms with E-state index in [9.17, 15) is 28.5 Å². The van der Waals surface area contributed by atoms with E-state index in [-0.39, 0.29) is 19.6 Å². The van der Waals surface area contributed by atoms with Crippen LogP contribution in [0.4, 0.5) is 0 Å². The van der Waals surface area contributed by atoms with Crippen molar-refractivity contribution in [1.82, 2.24) is 0 Å². The molecule has 0 saturated carbocycles. The highest BCUT2D eigenvalue weighted by Gasteiger charge is 2.48. The molecule has 0 aliphatic carbocycles. The highest BCUT2D eigenvalue weighted by Crippen LogP contribution is 2.26. The molecule has 1 fully saturated rings. The summed E-state index contributed by atoms with van der Waals surface area (Å²) in [6, 6.07) is 0. The normalized spacial score (nSPS) is 20.4. The maximum Gasteiger partial charge on any atom is 0.397 e. The molecule has 4 N–H and O–H groups in total. The van der Waals surface area contributed by atoms with Gasteiger partial charge in [0.1, 0.15) is 30.5 Å². The molecule has 0 bridgehead atoms. The van der Waals surface area contributed by atoms with Crippen molar-refractivity contribution in [2.75, 3.05) is 26.4 Å². The van der Waals surface area contributed by atoms with Gasteiger partial charge in [0.25, 0.3) is 0 Å². The molecule has 1 aliphatic rings. The minimum atomic E-state index is -5.05. The van der Waals surface area contributed by atoms with Crippen LogP contribution in [0.2, 0.25) is 0 Å². The van der Waals surface area contributed by atoms with E-state index in [0.29, 0.717) is 13.0 Å². The fourth-order valence-electron chi connectivity index (χ4n) is 7.49. The molecular formula is C46H88O12S. The Labute approximate surface area is 359 Å². The second kappa shape index (κ2) is 38.5. The molecule has 1 aliphatic heterocycles. The van der Waals surface area contributed by atoms with E-state index in [1.54, 1.807) is 0 Å². The van der Waals surface area contributed by atoms with Crippen LogP contribution >= 0.6 is 0 Å². The van der Waals surface area contributed by atoms with Gasteiger partial charge in [0.2, 0.25) is 0 Å². The highest BCUT2D eigenvalue weighted by atomic mass is 32.3. The molecule has 1 heterocycles. The second-order valence-corrected chi connectivity index (χ2v) is 17.8. The van der Waals surface area contributed by atoms with Gasteiger partial charge in [0.05, 0.1) is 19.8 Å². The zero-order chi connectivity index (χ0) is 43.2. The third kappa shape index (κ3) is 32.2. The number of aliphatic hydroxyl groups excluding tert-OH is 3. The number of aliphatic hydroxyl groups is 3. The summed E-state index contributed by atoms with van der Waals surface area (Å²) in [7, 11) is -5.05. The van der Waals surface area contributed by atoms with Crippen LogP contribution in [0.1, 0.15) is 213 Å². The predicted molar refractivity (Wildman–Crippen MR) is 234 cm³/mol. The first-order chi connectivity index (χ1) is 28.6. The number of ether oxygens (including phenoxy) is 4. The van der Waals surface area contributed by atoms with Crippen molar-refractivity contribution in [3.8, 4) is 0 Å². The maximum absolute atomic E-state index is 12.8. The van der Waals surface area contributed by atoms with Crippen molar-refractivity contribution in [2.45, 2.75) is 250 Å². The van der Waals surface area contributed by atoms with E-state index in [1.165, 1.54) is 148 Å². The van der Waals surface area contributed by atoms with Gasteiger partial charge >= 0.3 is 16.4 Å². The standard InChI is InChI=1S/C46H88O12S/c1-3-5-7-9-11-12-13-14-15-16-17-18-19-20-21-22-23-24-25-26-27-28-29-31-33-35-42(48)56-40(38-54-36-34-32-30-10-8-6-4-2)39-55-46-44(50)45(58-59(51,52)53)43(49)41(37-47)57-46/h16-17,40-41,43-47,49-50H,3-15,18-39H2,1-2H3,(H,51,52,53)/b17-16-. The molecule has 1 rings (SSSR count). The Hall–Kier alpha value is -1.16. The monoisotopic (exact) mass is 865 g/mol. The van der Waals surface area contributed by atoms with Crippen LogP contribution < -0.4 is 0 Å². The molecular weight excluding hydrogens is 777 g/mol. The molecule has 350 valence electrons. The lowest BCUT2D eigenvalue weighted by Gasteiger charge is -2.41. The third-order valence-electron chi connectivity index (χ3n) is 11.1. The van der Waals surface area contributed by atoms with Crippen LogP contribution in [0, 0.1) is 0 Å². The van der Waals surface area contributed by atoms with Crippen LogP contribution in [0.3, 0.4) is 0 Å². The first kappa shape index (κ1) is 55.9. The zero-order valence-corrected chi connectivity index (χ0v) is 38.1. The van der Waals surface area contributed by atoms with Gasteiger partial charge in [0, 0.05) is 13.0 Å². The van der Waals surface area contributed by atoms with Crippen LogP contribution in [0.25, 0.3) is 0 Å². The van der Waals surface area contributed by atoms with Crippen LogP contribution in [0.15, 0.2) is 12.2 Å².